The fourth-order valence-corrected chi connectivity index (χ4v) is 2.90. The van der Waals surface area contributed by atoms with E-state index in [0.717, 1.165) is 4.88 Å². The summed E-state index contributed by atoms with van der Waals surface area (Å²) < 4.78 is 19.4. The molecular weight excluding hydrogens is 343 g/mol. The van der Waals surface area contributed by atoms with Crippen molar-refractivity contribution in [1.82, 2.24) is 4.98 Å². The third-order valence-electron chi connectivity index (χ3n) is 2.20. The first-order valence-electron chi connectivity index (χ1n) is 4.97. The molecule has 2 rings (SSSR count). The Hall–Kier alpha value is -0.850. The Bertz CT molecular complexity index is 564. The van der Waals surface area contributed by atoms with Crippen LogP contribution in [0.1, 0.15) is 4.88 Å². The smallest absolute Gasteiger partial charge is 0.183 e. The molecule has 0 unspecified atom stereocenters. The maximum Gasteiger partial charge on any atom is 0.183 e. The molecule has 2 aromatic rings. The molecule has 1 N–H and O–H groups in total. The molecule has 1 aromatic carbocycles. The van der Waals surface area contributed by atoms with E-state index in [1.54, 1.807) is 6.20 Å². The summed E-state index contributed by atoms with van der Waals surface area (Å²) in [6.45, 7) is 0.547. The Morgan fingerprint density at radius 3 is 2.94 bits per heavy atom. The fraction of sp³-hybridized carbons (Fsp3) is 0.182. The van der Waals surface area contributed by atoms with Crippen molar-refractivity contribution in [2.75, 3.05) is 12.4 Å². The minimum Gasteiger partial charge on any atom is -0.494 e. The molecule has 0 spiro atoms. The monoisotopic (exact) mass is 350 g/mol. The zero-order chi connectivity index (χ0) is 13.1. The second kappa shape index (κ2) is 5.86. The number of nitrogens with one attached hydrogen (secondary N) is 1. The van der Waals surface area contributed by atoms with Gasteiger partial charge in [-0.25, -0.2) is 9.37 Å². The van der Waals surface area contributed by atoms with Crippen molar-refractivity contribution in [2.45, 2.75) is 6.54 Å². The number of ether oxygens (including phenoxy) is 1. The Labute approximate surface area is 121 Å². The number of aromatic nitrogens is 1. The Balaban J connectivity index is 2.18. The molecule has 0 aliphatic heterocycles. The fourth-order valence-electron chi connectivity index (χ4n) is 1.42. The maximum absolute atomic E-state index is 13.2. The second-order valence-electron chi connectivity index (χ2n) is 3.40. The van der Waals surface area contributed by atoms with E-state index in [-0.39, 0.29) is 5.82 Å². The van der Waals surface area contributed by atoms with Crippen LogP contribution in [0, 0.1) is 5.82 Å². The minimum atomic E-state index is -0.356. The Kier molecular flexibility index (Phi) is 4.42. The molecule has 0 aliphatic carbocycles. The molecule has 0 amide bonds. The largest absolute Gasteiger partial charge is 0.494 e. The summed E-state index contributed by atoms with van der Waals surface area (Å²) in [5.74, 6) is 0.0857. The highest BCUT2D eigenvalue weighted by Crippen LogP contribution is 2.34. The van der Waals surface area contributed by atoms with Crippen LogP contribution in [0.25, 0.3) is 0 Å². The van der Waals surface area contributed by atoms with Crippen molar-refractivity contribution in [3.63, 3.8) is 0 Å². The summed E-state index contributed by atoms with van der Waals surface area (Å²) in [5, 5.41) is 3.16. The van der Waals surface area contributed by atoms with E-state index in [1.807, 2.05) is 0 Å². The van der Waals surface area contributed by atoms with Gasteiger partial charge in [0.25, 0.3) is 0 Å². The van der Waals surface area contributed by atoms with Crippen LogP contribution < -0.4 is 10.1 Å². The average molecular weight is 352 g/mol. The van der Waals surface area contributed by atoms with Gasteiger partial charge in [0.2, 0.25) is 0 Å². The minimum absolute atomic E-state index is 0.356. The predicted octanol–water partition coefficient (Wildman–Crippen LogP) is 4.32. The zero-order valence-electron chi connectivity index (χ0n) is 9.34. The molecule has 0 aliphatic rings. The molecule has 96 valence electrons. The van der Waals surface area contributed by atoms with Crippen molar-refractivity contribution in [3.8, 4) is 5.75 Å². The molecule has 0 bridgehead atoms. The number of thiazole rings is 1. The lowest BCUT2D eigenvalue weighted by Crippen LogP contribution is -2.01. The normalized spacial score (nSPS) is 10.4. The maximum atomic E-state index is 13.2. The molecule has 0 saturated heterocycles. The van der Waals surface area contributed by atoms with E-state index in [4.69, 9.17) is 16.3 Å². The lowest BCUT2D eigenvalue weighted by Gasteiger charge is -2.12. The van der Waals surface area contributed by atoms with Gasteiger partial charge in [0.1, 0.15) is 11.6 Å². The molecule has 0 atom stereocenters. The number of anilines is 1. The molecule has 1 heterocycles. The van der Waals surface area contributed by atoms with E-state index in [1.165, 1.54) is 30.6 Å². The number of hydrogen-bond donors (Lipinski definition) is 1. The number of methoxy groups -OCH3 is 1. The third-order valence-corrected chi connectivity index (χ3v) is 3.94. The van der Waals surface area contributed by atoms with Crippen molar-refractivity contribution in [3.05, 3.63) is 38.0 Å². The summed E-state index contributed by atoms with van der Waals surface area (Å²) in [6.07, 6.45) is 1.70. The van der Waals surface area contributed by atoms with Gasteiger partial charge in [-0.1, -0.05) is 11.6 Å². The van der Waals surface area contributed by atoms with Gasteiger partial charge in [-0.15, -0.1) is 11.3 Å². The first-order chi connectivity index (χ1) is 8.60. The van der Waals surface area contributed by atoms with E-state index in [9.17, 15) is 4.39 Å². The summed E-state index contributed by atoms with van der Waals surface area (Å²) in [6, 6.07) is 2.71. The molecule has 0 radical (unpaired) electrons. The SMILES string of the molecule is COc1cc(F)cc(Br)c1NCc1cnc(Cl)s1. The Morgan fingerprint density at radius 2 is 2.33 bits per heavy atom. The highest BCUT2D eigenvalue weighted by atomic mass is 79.9. The standard InChI is InChI=1S/C11H9BrClFN2OS/c1-17-9-3-6(14)2-8(12)10(9)15-4-7-5-16-11(13)18-7/h2-3,5,15H,4H2,1H3. The molecular formula is C11H9BrClFN2OS. The van der Waals surface area contributed by atoms with Crippen LogP contribution in [0.2, 0.25) is 4.47 Å². The molecule has 1 aromatic heterocycles. The van der Waals surface area contributed by atoms with Gasteiger partial charge in [0.15, 0.2) is 4.47 Å². The zero-order valence-corrected chi connectivity index (χ0v) is 12.5. The van der Waals surface area contributed by atoms with E-state index >= 15 is 0 Å². The second-order valence-corrected chi connectivity index (χ2v) is 5.95. The van der Waals surface area contributed by atoms with E-state index in [0.29, 0.717) is 26.9 Å². The number of halogens is 3. The highest BCUT2D eigenvalue weighted by Gasteiger charge is 2.10. The topological polar surface area (TPSA) is 34.1 Å². The van der Waals surface area contributed by atoms with Gasteiger partial charge in [0, 0.05) is 21.6 Å². The molecule has 18 heavy (non-hydrogen) atoms. The van der Waals surface area contributed by atoms with Crippen molar-refractivity contribution >= 4 is 44.6 Å². The van der Waals surface area contributed by atoms with Crippen LogP contribution in [0.5, 0.6) is 5.75 Å². The van der Waals surface area contributed by atoms with E-state index in [2.05, 4.69) is 26.2 Å². The summed E-state index contributed by atoms with van der Waals surface area (Å²) in [5.41, 5.74) is 0.698. The quantitative estimate of drug-likeness (QED) is 0.891. The van der Waals surface area contributed by atoms with Gasteiger partial charge < -0.3 is 10.1 Å². The third kappa shape index (κ3) is 3.13. The summed E-state index contributed by atoms with van der Waals surface area (Å²) in [4.78, 5) is 4.93. The van der Waals surface area contributed by atoms with Gasteiger partial charge >= 0.3 is 0 Å². The summed E-state index contributed by atoms with van der Waals surface area (Å²) >= 11 is 10.4. The number of nitrogens with zero attached hydrogens (tertiary/aromatic N) is 1. The van der Waals surface area contributed by atoms with Crippen molar-refractivity contribution < 1.29 is 9.13 Å². The lowest BCUT2D eigenvalue weighted by atomic mass is 10.3. The van der Waals surface area contributed by atoms with Crippen LogP contribution in [0.3, 0.4) is 0 Å². The highest BCUT2D eigenvalue weighted by molar-refractivity contribution is 9.10. The summed E-state index contributed by atoms with van der Waals surface area (Å²) in [7, 11) is 1.50. The van der Waals surface area contributed by atoms with Crippen LogP contribution in [0.4, 0.5) is 10.1 Å². The number of hydrogen-bond acceptors (Lipinski definition) is 4. The van der Waals surface area contributed by atoms with Crippen LogP contribution >= 0.6 is 38.9 Å². The first kappa shape index (κ1) is 13.6. The van der Waals surface area contributed by atoms with Gasteiger partial charge in [-0.05, 0) is 22.0 Å². The van der Waals surface area contributed by atoms with Crippen LogP contribution in [0.15, 0.2) is 22.8 Å². The number of rotatable bonds is 4. The van der Waals surface area contributed by atoms with Crippen LogP contribution in [-0.4, -0.2) is 12.1 Å². The van der Waals surface area contributed by atoms with Crippen molar-refractivity contribution in [1.29, 1.82) is 0 Å². The van der Waals surface area contributed by atoms with Gasteiger partial charge in [-0.3, -0.25) is 0 Å². The Morgan fingerprint density at radius 1 is 1.56 bits per heavy atom. The van der Waals surface area contributed by atoms with Gasteiger partial charge in [0.05, 0.1) is 19.3 Å². The van der Waals surface area contributed by atoms with Crippen LogP contribution in [-0.2, 0) is 6.54 Å². The molecule has 0 fully saturated rings. The predicted molar refractivity (Wildman–Crippen MR) is 75.1 cm³/mol. The number of benzene rings is 1. The van der Waals surface area contributed by atoms with E-state index < -0.39 is 0 Å². The van der Waals surface area contributed by atoms with Crippen molar-refractivity contribution in [2.24, 2.45) is 0 Å². The molecule has 3 nitrogen and oxygen atoms in total. The lowest BCUT2D eigenvalue weighted by molar-refractivity contribution is 0.412. The molecule has 0 saturated carbocycles. The molecule has 7 heteroatoms. The first-order valence-corrected chi connectivity index (χ1v) is 6.96. The van der Waals surface area contributed by atoms with Gasteiger partial charge in [-0.2, -0.15) is 0 Å². The average Bonchev–Trinajstić information content (AvgIpc) is 2.73.